The van der Waals surface area contributed by atoms with Crippen LogP contribution in [0.25, 0.3) is 5.65 Å². The third kappa shape index (κ3) is 9.47. The Labute approximate surface area is 380 Å². The van der Waals surface area contributed by atoms with Gasteiger partial charge in [0, 0.05) is 17.3 Å². The number of benzene rings is 4. The molecule has 13 heteroatoms. The van der Waals surface area contributed by atoms with E-state index in [-0.39, 0.29) is 22.6 Å². The molecule has 0 radical (unpaired) electrons. The highest BCUT2D eigenvalue weighted by atomic mass is 28.4. The number of anilines is 1. The average molecular weight is 901 g/mol. The van der Waals surface area contributed by atoms with Gasteiger partial charge in [0.15, 0.2) is 16.6 Å². The highest BCUT2D eigenvalue weighted by Gasteiger charge is 2.55. The summed E-state index contributed by atoms with van der Waals surface area (Å²) in [5.74, 6) is 1.54. The molecule has 3 heterocycles. The molecule has 1 amide bonds. The van der Waals surface area contributed by atoms with E-state index in [2.05, 4.69) is 119 Å². The SMILES string of the molecule is COc1ccc(C(OC[C@H]2O[C@@H](c3cc4ncnc(NC(=O)c5ccccc5)n4c3)[C@H](O[Si](C)(C)C(C)(C)C)[C@@H]2O[Si](C)(C)C(C)(C)C)(c2ccccc2)c2ccc(OC)cc2)cc1. The minimum atomic E-state index is -2.49. The molecule has 4 aromatic carbocycles. The van der Waals surface area contributed by atoms with Crippen LogP contribution in [0.15, 0.2) is 128 Å². The lowest BCUT2D eigenvalue weighted by atomic mass is 9.80. The van der Waals surface area contributed by atoms with Crippen LogP contribution in [-0.2, 0) is 23.9 Å². The summed E-state index contributed by atoms with van der Waals surface area (Å²) in [6.07, 6.45) is 1.18. The lowest BCUT2D eigenvalue weighted by molar-refractivity contribution is -0.0808. The first-order chi connectivity index (χ1) is 30.3. The molecule has 7 rings (SSSR count). The fourth-order valence-electron chi connectivity index (χ4n) is 7.67. The molecule has 1 aliphatic rings. The second kappa shape index (κ2) is 18.4. The number of nitrogens with zero attached hydrogens (tertiary/aromatic N) is 3. The molecule has 0 aliphatic carbocycles. The van der Waals surface area contributed by atoms with E-state index in [4.69, 9.17) is 27.8 Å². The van der Waals surface area contributed by atoms with E-state index in [9.17, 15) is 4.79 Å². The van der Waals surface area contributed by atoms with E-state index >= 15 is 0 Å². The van der Waals surface area contributed by atoms with Crippen LogP contribution in [0.4, 0.5) is 5.95 Å². The summed E-state index contributed by atoms with van der Waals surface area (Å²) in [5.41, 5.74) is 3.63. The zero-order valence-electron chi connectivity index (χ0n) is 39.3. The Hall–Kier alpha value is -5.16. The summed E-state index contributed by atoms with van der Waals surface area (Å²) in [6.45, 7) is 22.7. The zero-order chi connectivity index (χ0) is 46.1. The largest absolute Gasteiger partial charge is 0.497 e. The minimum Gasteiger partial charge on any atom is -0.497 e. The van der Waals surface area contributed by atoms with Gasteiger partial charge in [0.05, 0.1) is 20.8 Å². The first kappa shape index (κ1) is 46.8. The number of ether oxygens (including phenoxy) is 4. The summed E-state index contributed by atoms with van der Waals surface area (Å²) < 4.78 is 43.0. The Kier molecular flexibility index (Phi) is 13.4. The van der Waals surface area contributed by atoms with Crippen LogP contribution in [0.5, 0.6) is 11.5 Å². The standard InChI is InChI=1S/C51H64N4O7Si2/c1-49(2,3)63(9,10)61-45-42(33-59-51(37-21-17-14-18-22-37,38-23-27-40(57-7)28-24-38)39-25-29-41(58-8)30-26-39)60-44(46(45)62-64(11,12)50(4,5)6)36-31-43-52-34-53-48(55(43)32-36)54-47(56)35-19-15-13-16-20-35/h13-32,34,42,44-46H,33H2,1-12H3,(H,52,53,54,56)/t42-,44+,45-,46+/m1/s1. The quantitative estimate of drug-likeness (QED) is 0.0794. The molecule has 338 valence electrons. The molecule has 6 aromatic rings. The minimum absolute atomic E-state index is 0.120. The molecule has 11 nitrogen and oxygen atoms in total. The number of carbonyl (C=O) groups excluding carboxylic acids is 1. The van der Waals surface area contributed by atoms with E-state index in [1.54, 1.807) is 30.8 Å². The van der Waals surface area contributed by atoms with Crippen LogP contribution in [-0.4, -0.2) is 76.0 Å². The van der Waals surface area contributed by atoms with Crippen molar-refractivity contribution in [3.05, 3.63) is 156 Å². The maximum atomic E-state index is 13.4. The molecule has 2 aromatic heterocycles. The maximum Gasteiger partial charge on any atom is 0.257 e. The molecule has 1 N–H and O–H groups in total. The Morgan fingerprint density at radius 1 is 0.688 bits per heavy atom. The predicted octanol–water partition coefficient (Wildman–Crippen LogP) is 11.2. The number of hydrogen-bond acceptors (Lipinski definition) is 9. The van der Waals surface area contributed by atoms with Crippen LogP contribution in [0.3, 0.4) is 0 Å². The van der Waals surface area contributed by atoms with Gasteiger partial charge in [-0.15, -0.1) is 0 Å². The highest BCUT2D eigenvalue weighted by molar-refractivity contribution is 6.74. The van der Waals surface area contributed by atoms with Crippen molar-refractivity contribution in [2.75, 3.05) is 26.1 Å². The lowest BCUT2D eigenvalue weighted by Crippen LogP contribution is -2.54. The van der Waals surface area contributed by atoms with Crippen molar-refractivity contribution in [1.29, 1.82) is 0 Å². The molecule has 0 bridgehead atoms. The van der Waals surface area contributed by atoms with E-state index in [0.717, 1.165) is 33.8 Å². The van der Waals surface area contributed by atoms with Gasteiger partial charge in [-0.1, -0.05) is 114 Å². The predicted molar refractivity (Wildman–Crippen MR) is 257 cm³/mol. The first-order valence-corrected chi connectivity index (χ1v) is 27.8. The number of methoxy groups -OCH3 is 2. The van der Waals surface area contributed by atoms with Crippen LogP contribution in [0.2, 0.25) is 36.3 Å². The van der Waals surface area contributed by atoms with Crippen LogP contribution in [0.1, 0.15) is 80.3 Å². The molecule has 4 atom stereocenters. The second-order valence-corrected chi connectivity index (χ2v) is 29.1. The van der Waals surface area contributed by atoms with Gasteiger partial charge in [0.25, 0.3) is 5.91 Å². The zero-order valence-corrected chi connectivity index (χ0v) is 41.3. The molecule has 1 saturated heterocycles. The number of fused-ring (bicyclic) bond motifs is 1. The molecular weight excluding hydrogens is 837 g/mol. The fourth-order valence-corrected chi connectivity index (χ4v) is 10.3. The van der Waals surface area contributed by atoms with Crippen molar-refractivity contribution in [3.63, 3.8) is 0 Å². The van der Waals surface area contributed by atoms with Crippen LogP contribution < -0.4 is 14.8 Å². The Morgan fingerprint density at radius 2 is 1.19 bits per heavy atom. The van der Waals surface area contributed by atoms with Gasteiger partial charge in [-0.05, 0) is 95.4 Å². The normalized spacial score (nSPS) is 18.6. The van der Waals surface area contributed by atoms with Crippen LogP contribution >= 0.6 is 0 Å². The van der Waals surface area contributed by atoms with Crippen molar-refractivity contribution in [2.24, 2.45) is 0 Å². The van der Waals surface area contributed by atoms with Gasteiger partial charge >= 0.3 is 0 Å². The van der Waals surface area contributed by atoms with Gasteiger partial charge < -0.3 is 27.8 Å². The highest BCUT2D eigenvalue weighted by Crippen LogP contribution is 2.49. The Morgan fingerprint density at radius 3 is 1.70 bits per heavy atom. The van der Waals surface area contributed by atoms with Crippen molar-refractivity contribution < 1.29 is 32.6 Å². The van der Waals surface area contributed by atoms with Gasteiger partial charge in [0.2, 0.25) is 5.95 Å². The second-order valence-electron chi connectivity index (χ2n) is 19.6. The third-order valence-corrected chi connectivity index (χ3v) is 22.4. The number of rotatable bonds is 15. The molecule has 64 heavy (non-hydrogen) atoms. The molecule has 0 spiro atoms. The van der Waals surface area contributed by atoms with Crippen LogP contribution in [0, 0.1) is 0 Å². The van der Waals surface area contributed by atoms with Gasteiger partial charge in [0.1, 0.15) is 53.5 Å². The first-order valence-electron chi connectivity index (χ1n) is 22.0. The number of nitrogens with one attached hydrogen (secondary N) is 1. The summed E-state index contributed by atoms with van der Waals surface area (Å²) in [6, 6.07) is 37.4. The number of amides is 1. The van der Waals surface area contributed by atoms with Gasteiger partial charge in [-0.25, -0.2) is 9.97 Å². The smallest absolute Gasteiger partial charge is 0.257 e. The topological polar surface area (TPSA) is 115 Å². The van der Waals surface area contributed by atoms with E-state index in [1.165, 1.54) is 6.33 Å². The number of carbonyl (C=O) groups is 1. The van der Waals surface area contributed by atoms with Crippen molar-refractivity contribution in [1.82, 2.24) is 14.4 Å². The van der Waals surface area contributed by atoms with E-state index in [1.807, 2.05) is 72.9 Å². The van der Waals surface area contributed by atoms with E-state index in [0.29, 0.717) is 17.2 Å². The summed E-state index contributed by atoms with van der Waals surface area (Å²) in [5, 5.41) is 2.75. The monoisotopic (exact) mass is 900 g/mol. The molecule has 1 fully saturated rings. The molecule has 1 aliphatic heterocycles. The van der Waals surface area contributed by atoms with E-state index < -0.39 is 46.7 Å². The lowest BCUT2D eigenvalue weighted by Gasteiger charge is -2.44. The summed E-state index contributed by atoms with van der Waals surface area (Å²) >= 11 is 0. The number of aromatic nitrogens is 3. The molecule has 0 saturated carbocycles. The Bertz CT molecular complexity index is 2450. The van der Waals surface area contributed by atoms with Gasteiger partial charge in [-0.2, -0.15) is 0 Å². The number of hydrogen-bond donors (Lipinski definition) is 1. The molecular formula is C51H64N4O7Si2. The third-order valence-electron chi connectivity index (χ3n) is 13.4. The van der Waals surface area contributed by atoms with Crippen molar-refractivity contribution in [2.45, 2.75) is 108 Å². The van der Waals surface area contributed by atoms with Gasteiger partial charge in [-0.3, -0.25) is 14.5 Å². The summed E-state index contributed by atoms with van der Waals surface area (Å²) in [7, 11) is -1.64. The Balaban J connectivity index is 1.37. The fraction of sp³-hybridized carbons (Fsp3) is 0.392. The molecule has 0 unspecified atom stereocenters. The van der Waals surface area contributed by atoms with Crippen molar-refractivity contribution in [3.8, 4) is 11.5 Å². The maximum absolute atomic E-state index is 13.4. The average Bonchev–Trinajstić information content (AvgIpc) is 3.85. The van der Waals surface area contributed by atoms with Crippen molar-refractivity contribution >= 4 is 34.1 Å². The summed E-state index contributed by atoms with van der Waals surface area (Å²) in [4.78, 5) is 22.5.